The van der Waals surface area contributed by atoms with E-state index in [1.54, 1.807) is 7.41 Å². The lowest BCUT2D eigenvalue weighted by Gasteiger charge is -2.29. The summed E-state index contributed by atoms with van der Waals surface area (Å²) in [7, 11) is 1.78. The topological polar surface area (TPSA) is 26.0 Å². The van der Waals surface area contributed by atoms with E-state index in [-0.39, 0.29) is 5.31 Å². The monoisotopic (exact) mass is 174 g/mol. The number of rotatable bonds is 3. The molecule has 1 aromatic carbocycles. The first-order valence-corrected chi connectivity index (χ1v) is 4.69. The zero-order chi connectivity index (χ0) is 9.90. The van der Waals surface area contributed by atoms with Crippen molar-refractivity contribution in [3.8, 4) is 0 Å². The van der Waals surface area contributed by atoms with Crippen LogP contribution in [0, 0.1) is 0 Å². The molecule has 69 valence electrons. The minimum Gasteiger partial charge on any atom is -0.374 e. The molecule has 0 aromatic heterocycles. The van der Waals surface area contributed by atoms with Crippen molar-refractivity contribution in [3.63, 3.8) is 0 Å². The lowest BCUT2D eigenvalue weighted by Crippen LogP contribution is -2.26. The van der Waals surface area contributed by atoms with E-state index < -0.39 is 0 Å². The number of hydrogen-bond acceptors (Lipinski definition) is 1. The molecule has 0 fully saturated rings. The fourth-order valence-corrected chi connectivity index (χ4v) is 1.32. The Kier molecular flexibility index (Phi) is 3.15. The molecule has 0 aliphatic carbocycles. The summed E-state index contributed by atoms with van der Waals surface area (Å²) >= 11 is 0. The maximum atomic E-state index is 5.62. The smallest absolute Gasteiger partial charge is 0.209 e. The molecule has 0 amide bonds. The van der Waals surface area contributed by atoms with Gasteiger partial charge in [0.2, 0.25) is 7.41 Å². The first kappa shape index (κ1) is 10.3. The quantitative estimate of drug-likeness (QED) is 0.700. The van der Waals surface area contributed by atoms with Crippen LogP contribution < -0.4 is 5.64 Å². The van der Waals surface area contributed by atoms with Crippen molar-refractivity contribution in [1.82, 2.24) is 0 Å². The van der Waals surface area contributed by atoms with Gasteiger partial charge in [-0.2, -0.15) is 0 Å². The van der Waals surface area contributed by atoms with Crippen LogP contribution in [0.4, 0.5) is 0 Å². The Morgan fingerprint density at radius 3 is 2.23 bits per heavy atom. The van der Waals surface area contributed by atoms with Gasteiger partial charge in [-0.3, -0.25) is 0 Å². The summed E-state index contributed by atoms with van der Waals surface area (Å²) in [6.45, 7) is 6.52. The molecule has 2 heteroatoms. The fraction of sp³-hybridized carbons (Fsp3) is 0.455. The maximum absolute atomic E-state index is 5.62. The number of nitrogens with two attached hydrogens (primary N) is 1. The van der Waals surface area contributed by atoms with Gasteiger partial charge < -0.3 is 5.64 Å². The van der Waals surface area contributed by atoms with E-state index in [1.165, 1.54) is 5.56 Å². The van der Waals surface area contributed by atoms with Crippen LogP contribution in [0.25, 0.3) is 0 Å². The van der Waals surface area contributed by atoms with Crippen LogP contribution in [0.5, 0.6) is 0 Å². The molecule has 1 atom stereocenters. The van der Waals surface area contributed by atoms with E-state index in [0.29, 0.717) is 5.92 Å². The van der Waals surface area contributed by atoms with E-state index in [9.17, 15) is 0 Å². The van der Waals surface area contributed by atoms with Gasteiger partial charge in [-0.1, -0.05) is 51.1 Å². The van der Waals surface area contributed by atoms with Crippen molar-refractivity contribution in [2.24, 2.45) is 5.64 Å². The zero-order valence-electron chi connectivity index (χ0n) is 8.62. The van der Waals surface area contributed by atoms with Gasteiger partial charge in [0.25, 0.3) is 0 Å². The molecule has 1 aromatic rings. The average Bonchev–Trinajstić information content (AvgIpc) is 2.18. The second-order valence-electron chi connectivity index (χ2n) is 4.12. The normalized spacial score (nSPS) is 13.8. The molecule has 0 spiro atoms. The second kappa shape index (κ2) is 3.97. The molecule has 2 N–H and O–H groups in total. The molecule has 1 radical (unpaired) electrons. The average molecular weight is 174 g/mol. The standard InChI is InChI=1S/C11H17BN/c1-9(11(2,3)12-13)10-7-5-4-6-8-10/h4-9H,13H2,1-3H3. The molecule has 0 saturated heterocycles. The molecule has 0 heterocycles. The summed E-state index contributed by atoms with van der Waals surface area (Å²) in [5, 5.41) is 0.0569. The van der Waals surface area contributed by atoms with Gasteiger partial charge in [0.05, 0.1) is 0 Å². The highest BCUT2D eigenvalue weighted by molar-refractivity contribution is 6.35. The molecule has 1 nitrogen and oxygen atoms in total. The highest BCUT2D eigenvalue weighted by Gasteiger charge is 2.26. The molecular formula is C11H17BN. The fourth-order valence-electron chi connectivity index (χ4n) is 1.32. The van der Waals surface area contributed by atoms with Crippen molar-refractivity contribution in [1.29, 1.82) is 0 Å². The van der Waals surface area contributed by atoms with Crippen LogP contribution in [0.3, 0.4) is 0 Å². The van der Waals surface area contributed by atoms with Crippen molar-refractivity contribution in [3.05, 3.63) is 35.9 Å². The van der Waals surface area contributed by atoms with Crippen LogP contribution in [-0.2, 0) is 0 Å². The summed E-state index contributed by atoms with van der Waals surface area (Å²) < 4.78 is 0. The Bertz CT molecular complexity index is 256. The Morgan fingerprint density at radius 2 is 1.77 bits per heavy atom. The van der Waals surface area contributed by atoms with Crippen LogP contribution in [0.2, 0.25) is 5.31 Å². The minimum absolute atomic E-state index is 0.0569. The Labute approximate surface area is 81.6 Å². The Morgan fingerprint density at radius 1 is 1.23 bits per heavy atom. The van der Waals surface area contributed by atoms with E-state index in [1.807, 2.05) is 6.07 Å². The highest BCUT2D eigenvalue weighted by Crippen LogP contribution is 2.39. The summed E-state index contributed by atoms with van der Waals surface area (Å²) in [4.78, 5) is 0. The molecule has 1 unspecified atom stereocenters. The largest absolute Gasteiger partial charge is 0.374 e. The summed E-state index contributed by atoms with van der Waals surface area (Å²) in [6.07, 6.45) is 0. The Hall–Kier alpha value is -0.755. The predicted octanol–water partition coefficient (Wildman–Crippen LogP) is 2.57. The van der Waals surface area contributed by atoms with E-state index in [0.717, 1.165) is 0 Å². The molecule has 0 aliphatic rings. The lowest BCUT2D eigenvalue weighted by atomic mass is 9.56. The first-order valence-electron chi connectivity index (χ1n) is 4.69. The van der Waals surface area contributed by atoms with Gasteiger partial charge in [-0.25, -0.2) is 0 Å². The van der Waals surface area contributed by atoms with Crippen LogP contribution in [-0.4, -0.2) is 7.41 Å². The van der Waals surface area contributed by atoms with Crippen molar-refractivity contribution < 1.29 is 0 Å². The summed E-state index contributed by atoms with van der Waals surface area (Å²) in [6, 6.07) is 10.5. The van der Waals surface area contributed by atoms with Gasteiger partial charge in [-0.05, 0) is 16.8 Å². The van der Waals surface area contributed by atoms with Gasteiger partial charge in [0.15, 0.2) is 0 Å². The minimum atomic E-state index is 0.0569. The van der Waals surface area contributed by atoms with Crippen LogP contribution in [0.1, 0.15) is 32.3 Å². The highest BCUT2D eigenvalue weighted by atomic mass is 14.4. The zero-order valence-corrected chi connectivity index (χ0v) is 8.62. The summed E-state index contributed by atoms with van der Waals surface area (Å²) in [5.74, 6) is 0.457. The van der Waals surface area contributed by atoms with Crippen LogP contribution >= 0.6 is 0 Å². The Balaban J connectivity index is 2.85. The third-order valence-corrected chi connectivity index (χ3v) is 2.85. The van der Waals surface area contributed by atoms with Gasteiger partial charge in [0, 0.05) is 0 Å². The SMILES string of the molecule is CC(c1ccccc1)C(C)(C)[B]N. The molecule has 13 heavy (non-hydrogen) atoms. The summed E-state index contributed by atoms with van der Waals surface area (Å²) in [5.41, 5.74) is 6.96. The molecule has 0 aliphatic heterocycles. The number of hydrogen-bond donors (Lipinski definition) is 1. The van der Waals surface area contributed by atoms with Crippen molar-refractivity contribution in [2.75, 3.05) is 0 Å². The third-order valence-electron chi connectivity index (χ3n) is 2.85. The lowest BCUT2D eigenvalue weighted by molar-refractivity contribution is 0.551. The number of benzene rings is 1. The predicted molar refractivity (Wildman–Crippen MR) is 58.8 cm³/mol. The molecule has 1 rings (SSSR count). The van der Waals surface area contributed by atoms with Gasteiger partial charge >= 0.3 is 0 Å². The first-order chi connectivity index (χ1) is 6.08. The molecular weight excluding hydrogens is 157 g/mol. The van der Waals surface area contributed by atoms with Crippen LogP contribution in [0.15, 0.2) is 30.3 Å². The van der Waals surface area contributed by atoms with Gasteiger partial charge in [-0.15, -0.1) is 0 Å². The van der Waals surface area contributed by atoms with Gasteiger partial charge in [0.1, 0.15) is 0 Å². The van der Waals surface area contributed by atoms with E-state index >= 15 is 0 Å². The van der Waals surface area contributed by atoms with E-state index in [2.05, 4.69) is 45.0 Å². The maximum Gasteiger partial charge on any atom is 0.209 e. The third kappa shape index (κ3) is 2.34. The van der Waals surface area contributed by atoms with Crippen molar-refractivity contribution in [2.45, 2.75) is 32.0 Å². The molecule has 0 saturated carbocycles. The van der Waals surface area contributed by atoms with Crippen molar-refractivity contribution >= 4 is 7.41 Å². The molecule has 0 bridgehead atoms. The van der Waals surface area contributed by atoms with E-state index in [4.69, 9.17) is 5.64 Å². The second-order valence-corrected chi connectivity index (χ2v) is 4.12.